The van der Waals surface area contributed by atoms with Crippen LogP contribution in [0.1, 0.15) is 27.7 Å². The minimum Gasteiger partial charge on any atom is -0.464 e. The zero-order valence-electron chi connectivity index (χ0n) is 10.8. The number of ether oxygens (including phenoxy) is 1. The SMILES string of the molecule is CC(=O)OCCN1C(=O)C(C)C=C(C)C=C1C. The van der Waals surface area contributed by atoms with Crippen molar-refractivity contribution in [2.75, 3.05) is 13.2 Å². The minimum absolute atomic E-state index is 0.0442. The van der Waals surface area contributed by atoms with Crippen LogP contribution in [0.15, 0.2) is 23.4 Å². The van der Waals surface area contributed by atoms with Crippen LogP contribution in [0.3, 0.4) is 0 Å². The van der Waals surface area contributed by atoms with Crippen molar-refractivity contribution >= 4 is 11.9 Å². The van der Waals surface area contributed by atoms with E-state index in [-0.39, 0.29) is 24.4 Å². The van der Waals surface area contributed by atoms with E-state index in [1.807, 2.05) is 32.9 Å². The van der Waals surface area contributed by atoms with Crippen LogP contribution in [-0.4, -0.2) is 29.9 Å². The molecule has 0 fully saturated rings. The molecule has 0 aromatic carbocycles. The van der Waals surface area contributed by atoms with E-state index >= 15 is 0 Å². The molecule has 94 valence electrons. The molecule has 1 rings (SSSR count). The van der Waals surface area contributed by atoms with Gasteiger partial charge in [0.2, 0.25) is 5.91 Å². The van der Waals surface area contributed by atoms with Gasteiger partial charge in [0.25, 0.3) is 0 Å². The summed E-state index contributed by atoms with van der Waals surface area (Å²) >= 11 is 0. The Bertz CT molecular complexity index is 382. The van der Waals surface area contributed by atoms with Crippen molar-refractivity contribution in [1.29, 1.82) is 0 Å². The lowest BCUT2D eigenvalue weighted by Crippen LogP contribution is -2.35. The highest BCUT2D eigenvalue weighted by Gasteiger charge is 2.22. The lowest BCUT2D eigenvalue weighted by atomic mass is 10.1. The molecule has 1 unspecified atom stereocenters. The second kappa shape index (κ2) is 5.66. The molecule has 17 heavy (non-hydrogen) atoms. The summed E-state index contributed by atoms with van der Waals surface area (Å²) in [4.78, 5) is 24.4. The summed E-state index contributed by atoms with van der Waals surface area (Å²) < 4.78 is 4.87. The van der Waals surface area contributed by atoms with Crippen molar-refractivity contribution in [3.05, 3.63) is 23.4 Å². The predicted octanol–water partition coefficient (Wildman–Crippen LogP) is 1.88. The van der Waals surface area contributed by atoms with Crippen LogP contribution in [0, 0.1) is 5.92 Å². The fourth-order valence-electron chi connectivity index (χ4n) is 1.91. The standard InChI is InChI=1S/C13H19NO3/c1-9-7-10(2)13(16)14(11(3)8-9)5-6-17-12(4)15/h7-8,10H,5-6H2,1-4H3. The number of nitrogens with zero attached hydrogens (tertiary/aromatic N) is 1. The molecule has 0 radical (unpaired) electrons. The third-order valence-corrected chi connectivity index (χ3v) is 2.65. The van der Waals surface area contributed by atoms with Crippen LogP contribution in [0.25, 0.3) is 0 Å². The lowest BCUT2D eigenvalue weighted by Gasteiger charge is -2.23. The quantitative estimate of drug-likeness (QED) is 0.704. The van der Waals surface area contributed by atoms with E-state index in [0.29, 0.717) is 6.54 Å². The van der Waals surface area contributed by atoms with E-state index in [1.54, 1.807) is 4.90 Å². The first-order chi connectivity index (χ1) is 7.91. The smallest absolute Gasteiger partial charge is 0.302 e. The van der Waals surface area contributed by atoms with Crippen molar-refractivity contribution in [3.8, 4) is 0 Å². The third kappa shape index (κ3) is 3.73. The number of hydrogen-bond donors (Lipinski definition) is 0. The molecular formula is C13H19NO3. The van der Waals surface area contributed by atoms with Gasteiger partial charge in [-0.2, -0.15) is 0 Å². The van der Waals surface area contributed by atoms with Crippen LogP contribution in [0.2, 0.25) is 0 Å². The second-order valence-corrected chi connectivity index (χ2v) is 4.31. The molecule has 0 aromatic rings. The molecule has 0 aliphatic carbocycles. The van der Waals surface area contributed by atoms with Crippen molar-refractivity contribution in [1.82, 2.24) is 4.90 Å². The van der Waals surface area contributed by atoms with E-state index in [0.717, 1.165) is 11.3 Å². The zero-order chi connectivity index (χ0) is 13.0. The van der Waals surface area contributed by atoms with Crippen LogP contribution in [0.5, 0.6) is 0 Å². The predicted molar refractivity (Wildman–Crippen MR) is 65.0 cm³/mol. The molecule has 1 atom stereocenters. The zero-order valence-corrected chi connectivity index (χ0v) is 10.8. The number of carbonyl (C=O) groups is 2. The normalized spacial score (nSPS) is 20.6. The van der Waals surface area contributed by atoms with E-state index in [2.05, 4.69) is 0 Å². The number of amides is 1. The van der Waals surface area contributed by atoms with Crippen LogP contribution in [0.4, 0.5) is 0 Å². The maximum absolute atomic E-state index is 12.1. The maximum atomic E-state index is 12.1. The van der Waals surface area contributed by atoms with E-state index < -0.39 is 0 Å². The molecule has 0 bridgehead atoms. The highest BCUT2D eigenvalue weighted by Crippen LogP contribution is 2.18. The Labute approximate surface area is 102 Å². The molecule has 0 N–H and O–H groups in total. The van der Waals surface area contributed by atoms with Crippen LogP contribution in [-0.2, 0) is 14.3 Å². The highest BCUT2D eigenvalue weighted by molar-refractivity contribution is 5.82. The van der Waals surface area contributed by atoms with Gasteiger partial charge in [-0.3, -0.25) is 9.59 Å². The van der Waals surface area contributed by atoms with Gasteiger partial charge in [-0.25, -0.2) is 0 Å². The van der Waals surface area contributed by atoms with Gasteiger partial charge in [0.15, 0.2) is 0 Å². The van der Waals surface area contributed by atoms with E-state index in [4.69, 9.17) is 4.74 Å². The van der Waals surface area contributed by atoms with Crippen molar-refractivity contribution < 1.29 is 14.3 Å². The number of allylic oxidation sites excluding steroid dienone is 3. The fourth-order valence-corrected chi connectivity index (χ4v) is 1.91. The molecule has 1 aliphatic rings. The first-order valence-corrected chi connectivity index (χ1v) is 5.73. The first kappa shape index (κ1) is 13.5. The summed E-state index contributed by atoms with van der Waals surface area (Å²) in [5.74, 6) is -0.417. The number of rotatable bonds is 3. The summed E-state index contributed by atoms with van der Waals surface area (Å²) in [6.45, 7) is 7.74. The summed E-state index contributed by atoms with van der Waals surface area (Å²) in [5, 5.41) is 0. The Balaban J connectivity index is 2.72. The average molecular weight is 237 g/mol. The van der Waals surface area contributed by atoms with Gasteiger partial charge in [0.1, 0.15) is 6.61 Å². The summed E-state index contributed by atoms with van der Waals surface area (Å²) in [6, 6.07) is 0. The monoisotopic (exact) mass is 237 g/mol. The summed E-state index contributed by atoms with van der Waals surface area (Å²) in [6.07, 6.45) is 3.91. The van der Waals surface area contributed by atoms with Gasteiger partial charge in [-0.05, 0) is 19.9 Å². The summed E-state index contributed by atoms with van der Waals surface area (Å²) in [7, 11) is 0. The van der Waals surface area contributed by atoms with Crippen molar-refractivity contribution in [3.63, 3.8) is 0 Å². The molecule has 0 spiro atoms. The number of hydrogen-bond acceptors (Lipinski definition) is 3. The molecule has 0 aromatic heterocycles. The van der Waals surface area contributed by atoms with Gasteiger partial charge < -0.3 is 9.64 Å². The Morgan fingerprint density at radius 1 is 1.47 bits per heavy atom. The van der Waals surface area contributed by atoms with E-state index in [1.165, 1.54) is 6.92 Å². The molecule has 1 heterocycles. The average Bonchev–Trinajstić information content (AvgIpc) is 2.29. The molecule has 4 nitrogen and oxygen atoms in total. The topological polar surface area (TPSA) is 46.6 Å². The second-order valence-electron chi connectivity index (χ2n) is 4.31. The van der Waals surface area contributed by atoms with Crippen LogP contribution >= 0.6 is 0 Å². The minimum atomic E-state index is -0.323. The van der Waals surface area contributed by atoms with Gasteiger partial charge in [-0.15, -0.1) is 0 Å². The Morgan fingerprint density at radius 2 is 2.12 bits per heavy atom. The molecule has 0 saturated carbocycles. The Kier molecular flexibility index (Phi) is 4.49. The van der Waals surface area contributed by atoms with Gasteiger partial charge in [0, 0.05) is 12.6 Å². The maximum Gasteiger partial charge on any atom is 0.302 e. The largest absolute Gasteiger partial charge is 0.464 e. The van der Waals surface area contributed by atoms with Gasteiger partial charge >= 0.3 is 5.97 Å². The molecular weight excluding hydrogens is 218 g/mol. The fraction of sp³-hybridized carbons (Fsp3) is 0.538. The van der Waals surface area contributed by atoms with Crippen LogP contribution < -0.4 is 0 Å². The lowest BCUT2D eigenvalue weighted by molar-refractivity contribution is -0.143. The van der Waals surface area contributed by atoms with Gasteiger partial charge in [0.05, 0.1) is 12.5 Å². The third-order valence-electron chi connectivity index (χ3n) is 2.65. The van der Waals surface area contributed by atoms with Crippen molar-refractivity contribution in [2.24, 2.45) is 5.92 Å². The summed E-state index contributed by atoms with van der Waals surface area (Å²) in [5.41, 5.74) is 1.97. The highest BCUT2D eigenvalue weighted by atomic mass is 16.5. The molecule has 4 heteroatoms. The number of esters is 1. The number of carbonyl (C=O) groups excluding carboxylic acids is 2. The molecule has 0 saturated heterocycles. The van der Waals surface area contributed by atoms with E-state index in [9.17, 15) is 9.59 Å². The molecule has 1 aliphatic heterocycles. The molecule has 1 amide bonds. The Hall–Kier alpha value is -1.58. The Morgan fingerprint density at radius 3 is 2.71 bits per heavy atom. The first-order valence-electron chi connectivity index (χ1n) is 5.73. The van der Waals surface area contributed by atoms with Crippen molar-refractivity contribution in [2.45, 2.75) is 27.7 Å². The van der Waals surface area contributed by atoms with Gasteiger partial charge in [-0.1, -0.05) is 18.6 Å².